The number of nitrogens with one attached hydrogen (secondary N) is 2. The molecular weight excluding hydrogens is 414 g/mol. The fourth-order valence-corrected chi connectivity index (χ4v) is 3.30. The van der Waals surface area contributed by atoms with Crippen molar-refractivity contribution >= 4 is 29.6 Å². The molecule has 0 aromatic heterocycles. The molecule has 1 aliphatic heterocycles. The van der Waals surface area contributed by atoms with Crippen LogP contribution in [0, 0.1) is 0 Å². The number of nitrogens with zero attached hydrogens (tertiary/aromatic N) is 1. The maximum absolute atomic E-state index is 12.7. The Morgan fingerprint density at radius 3 is 2.09 bits per heavy atom. The first-order valence-electron chi connectivity index (χ1n) is 10.2. The van der Waals surface area contributed by atoms with Gasteiger partial charge in [-0.2, -0.15) is 0 Å². The van der Waals surface area contributed by atoms with Gasteiger partial charge in [0.2, 0.25) is 0 Å². The zero-order valence-electron chi connectivity index (χ0n) is 17.5. The number of rotatable bonds is 8. The highest BCUT2D eigenvalue weighted by Gasteiger charge is 2.43. The molecule has 9 nitrogen and oxygen atoms in total. The Bertz CT molecular complexity index is 1000. The van der Waals surface area contributed by atoms with Gasteiger partial charge in [0.15, 0.2) is 6.61 Å². The van der Waals surface area contributed by atoms with Gasteiger partial charge in [0, 0.05) is 5.56 Å². The first kappa shape index (κ1) is 22.7. The average molecular weight is 437 g/mol. The summed E-state index contributed by atoms with van der Waals surface area (Å²) in [5.41, 5.74) is 5.18. The topological polar surface area (TPSA) is 122 Å². The number of esters is 1. The fourth-order valence-electron chi connectivity index (χ4n) is 3.30. The molecule has 0 radical (unpaired) electrons. The van der Waals surface area contributed by atoms with Crippen molar-refractivity contribution in [2.75, 3.05) is 6.61 Å². The molecule has 0 spiro atoms. The van der Waals surface area contributed by atoms with Gasteiger partial charge >= 0.3 is 5.97 Å². The summed E-state index contributed by atoms with van der Waals surface area (Å²) in [5.74, 6) is -3.29. The predicted octanol–water partition coefficient (Wildman–Crippen LogP) is 1.85. The van der Waals surface area contributed by atoms with Crippen LogP contribution >= 0.6 is 0 Å². The number of unbranched alkanes of at least 4 members (excludes halogenated alkanes) is 1. The van der Waals surface area contributed by atoms with Crippen molar-refractivity contribution in [3.63, 3.8) is 0 Å². The van der Waals surface area contributed by atoms with Gasteiger partial charge in [-0.25, -0.2) is 4.79 Å². The summed E-state index contributed by atoms with van der Waals surface area (Å²) in [7, 11) is 0. The lowest BCUT2D eigenvalue weighted by atomic mass is 10.1. The molecule has 9 heteroatoms. The predicted molar refractivity (Wildman–Crippen MR) is 113 cm³/mol. The molecule has 1 aliphatic rings. The lowest BCUT2D eigenvalue weighted by Crippen LogP contribution is -2.47. The molecule has 2 aromatic carbocycles. The molecular formula is C23H23N3O6. The molecule has 1 heterocycles. The second kappa shape index (κ2) is 10.3. The Labute approximate surface area is 184 Å². The zero-order chi connectivity index (χ0) is 23.1. The van der Waals surface area contributed by atoms with Crippen LogP contribution in [0.15, 0.2) is 54.6 Å². The highest BCUT2D eigenvalue weighted by molar-refractivity contribution is 6.22. The summed E-state index contributed by atoms with van der Waals surface area (Å²) < 4.78 is 5.06. The van der Waals surface area contributed by atoms with Gasteiger partial charge in [-0.3, -0.25) is 34.9 Å². The van der Waals surface area contributed by atoms with E-state index in [1.807, 2.05) is 6.92 Å². The van der Waals surface area contributed by atoms with Crippen LogP contribution in [0.4, 0.5) is 0 Å². The maximum Gasteiger partial charge on any atom is 0.329 e. The van der Waals surface area contributed by atoms with Crippen LogP contribution in [-0.4, -0.2) is 47.1 Å². The van der Waals surface area contributed by atoms with Crippen LogP contribution in [0.2, 0.25) is 0 Å². The van der Waals surface area contributed by atoms with Gasteiger partial charge < -0.3 is 4.74 Å². The van der Waals surface area contributed by atoms with Crippen LogP contribution in [-0.2, 0) is 14.3 Å². The Hall–Kier alpha value is -4.01. The third-order valence-electron chi connectivity index (χ3n) is 4.94. The van der Waals surface area contributed by atoms with Crippen LogP contribution < -0.4 is 10.9 Å². The van der Waals surface area contributed by atoms with E-state index in [2.05, 4.69) is 10.9 Å². The van der Waals surface area contributed by atoms with E-state index in [-0.39, 0.29) is 17.5 Å². The average Bonchev–Trinajstić information content (AvgIpc) is 3.07. The van der Waals surface area contributed by atoms with Crippen molar-refractivity contribution in [2.45, 2.75) is 32.2 Å². The third-order valence-corrected chi connectivity index (χ3v) is 4.94. The minimum atomic E-state index is -1.14. The van der Waals surface area contributed by atoms with Crippen molar-refractivity contribution in [1.29, 1.82) is 0 Å². The fraction of sp³-hybridized carbons (Fsp3) is 0.261. The molecule has 4 amide bonds. The van der Waals surface area contributed by atoms with Crippen molar-refractivity contribution < 1.29 is 28.7 Å². The lowest BCUT2D eigenvalue weighted by molar-refractivity contribution is -0.152. The number of hydrogen-bond acceptors (Lipinski definition) is 6. The molecule has 0 bridgehead atoms. The van der Waals surface area contributed by atoms with E-state index in [0.29, 0.717) is 12.0 Å². The number of fused-ring (bicyclic) bond motifs is 1. The van der Waals surface area contributed by atoms with E-state index >= 15 is 0 Å². The molecule has 3 rings (SSSR count). The molecule has 0 saturated heterocycles. The Morgan fingerprint density at radius 2 is 1.50 bits per heavy atom. The minimum absolute atomic E-state index is 0.215. The molecule has 0 fully saturated rings. The molecule has 0 unspecified atom stereocenters. The Morgan fingerprint density at radius 1 is 0.906 bits per heavy atom. The number of ether oxygens (including phenoxy) is 1. The van der Waals surface area contributed by atoms with E-state index in [9.17, 15) is 24.0 Å². The summed E-state index contributed by atoms with van der Waals surface area (Å²) in [6.45, 7) is 1.23. The van der Waals surface area contributed by atoms with E-state index in [1.54, 1.807) is 42.5 Å². The lowest BCUT2D eigenvalue weighted by Gasteiger charge is -2.24. The second-order valence-electron chi connectivity index (χ2n) is 7.16. The maximum atomic E-state index is 12.7. The SMILES string of the molecule is CCCC[C@@H](C(=O)OCC(=O)NNC(=O)c1ccccc1)N1C(=O)c2ccccc2C1=O. The Kier molecular flexibility index (Phi) is 7.33. The summed E-state index contributed by atoms with van der Waals surface area (Å²) >= 11 is 0. The molecule has 0 aliphatic carbocycles. The normalized spacial score (nSPS) is 13.3. The molecule has 2 N–H and O–H groups in total. The quantitative estimate of drug-likeness (QED) is 0.369. The van der Waals surface area contributed by atoms with Gasteiger partial charge in [-0.15, -0.1) is 0 Å². The largest absolute Gasteiger partial charge is 0.454 e. The third kappa shape index (κ3) is 5.00. The summed E-state index contributed by atoms with van der Waals surface area (Å²) in [5, 5.41) is 0. The van der Waals surface area contributed by atoms with Crippen molar-refractivity contribution in [3.05, 3.63) is 71.3 Å². The number of carbonyl (C=O) groups excluding carboxylic acids is 5. The second-order valence-corrected chi connectivity index (χ2v) is 7.16. The van der Waals surface area contributed by atoms with E-state index in [4.69, 9.17) is 4.74 Å². The zero-order valence-corrected chi connectivity index (χ0v) is 17.5. The van der Waals surface area contributed by atoms with E-state index in [1.165, 1.54) is 12.1 Å². The van der Waals surface area contributed by atoms with Gasteiger partial charge in [0.1, 0.15) is 6.04 Å². The van der Waals surface area contributed by atoms with E-state index < -0.39 is 42.2 Å². The van der Waals surface area contributed by atoms with Gasteiger partial charge in [-0.1, -0.05) is 50.1 Å². The molecule has 32 heavy (non-hydrogen) atoms. The first-order valence-corrected chi connectivity index (χ1v) is 10.2. The van der Waals surface area contributed by atoms with Gasteiger partial charge in [0.05, 0.1) is 11.1 Å². The highest BCUT2D eigenvalue weighted by atomic mass is 16.5. The number of imide groups is 1. The van der Waals surface area contributed by atoms with Gasteiger partial charge in [-0.05, 0) is 30.7 Å². The summed E-state index contributed by atoms with van der Waals surface area (Å²) in [4.78, 5) is 63.0. The molecule has 2 aromatic rings. The van der Waals surface area contributed by atoms with Crippen LogP contribution in [0.3, 0.4) is 0 Å². The summed E-state index contributed by atoms with van der Waals surface area (Å²) in [6.07, 6.45) is 1.53. The smallest absolute Gasteiger partial charge is 0.329 e. The standard InChI is InChI=1S/C23H23N3O6/c1-2-3-13-18(26-21(29)16-11-7-8-12-17(16)22(26)30)23(31)32-14-19(27)24-25-20(28)15-9-5-4-6-10-15/h4-12,18H,2-3,13-14H2,1H3,(H,24,27)(H,25,28)/t18-/m0/s1. The van der Waals surface area contributed by atoms with Crippen molar-refractivity contribution in [3.8, 4) is 0 Å². The summed E-state index contributed by atoms with van der Waals surface area (Å²) in [6, 6.07) is 13.4. The highest BCUT2D eigenvalue weighted by Crippen LogP contribution is 2.26. The first-order chi connectivity index (χ1) is 15.4. The number of benzene rings is 2. The van der Waals surface area contributed by atoms with Crippen LogP contribution in [0.5, 0.6) is 0 Å². The molecule has 1 atom stereocenters. The number of amides is 4. The molecule has 0 saturated carbocycles. The van der Waals surface area contributed by atoms with E-state index in [0.717, 1.165) is 11.3 Å². The van der Waals surface area contributed by atoms with Gasteiger partial charge in [0.25, 0.3) is 23.6 Å². The van der Waals surface area contributed by atoms with Crippen molar-refractivity contribution in [2.24, 2.45) is 0 Å². The number of hydrazine groups is 1. The minimum Gasteiger partial charge on any atom is -0.454 e. The number of hydrogen-bond donors (Lipinski definition) is 2. The number of carbonyl (C=O) groups is 5. The molecule has 166 valence electrons. The van der Waals surface area contributed by atoms with Crippen LogP contribution in [0.1, 0.15) is 57.3 Å². The van der Waals surface area contributed by atoms with Crippen molar-refractivity contribution in [1.82, 2.24) is 15.8 Å². The monoisotopic (exact) mass is 437 g/mol. The Balaban J connectivity index is 1.59. The van der Waals surface area contributed by atoms with Crippen LogP contribution in [0.25, 0.3) is 0 Å².